The van der Waals surface area contributed by atoms with Crippen LogP contribution in [0, 0.1) is 6.92 Å². The summed E-state index contributed by atoms with van der Waals surface area (Å²) in [6, 6.07) is 13.1. The molecule has 1 amide bonds. The van der Waals surface area contributed by atoms with E-state index in [4.69, 9.17) is 33.3 Å². The number of nitrogens with zero attached hydrogens (tertiary/aromatic N) is 1. The second-order valence-electron chi connectivity index (χ2n) is 5.93. The number of aryl methyl sites for hydroxylation is 1. The van der Waals surface area contributed by atoms with E-state index in [-0.39, 0.29) is 5.91 Å². The summed E-state index contributed by atoms with van der Waals surface area (Å²) in [4.78, 5) is 14.2. The van der Waals surface area contributed by atoms with Crippen molar-refractivity contribution < 1.29 is 14.3 Å². The maximum Gasteiger partial charge on any atom is 0.265 e. The second-order valence-corrected chi connectivity index (χ2v) is 8.05. The molecule has 0 radical (unpaired) electrons. The van der Waals surface area contributed by atoms with Gasteiger partial charge >= 0.3 is 0 Å². The number of thioether (sulfide) groups is 1. The van der Waals surface area contributed by atoms with Crippen molar-refractivity contribution >= 4 is 51.9 Å². The first-order valence-electron chi connectivity index (χ1n) is 8.27. The number of likely N-dealkylation sites (N-methyl/N-ethyl adjacent to an activating group) is 1. The largest absolute Gasteiger partial charge is 0.490 e. The Morgan fingerprint density at radius 3 is 2.52 bits per heavy atom. The molecule has 1 saturated heterocycles. The zero-order chi connectivity index (χ0) is 19.4. The number of amides is 1. The maximum atomic E-state index is 12.2. The van der Waals surface area contributed by atoms with Crippen LogP contribution < -0.4 is 9.47 Å². The molecule has 3 rings (SSSR count). The molecule has 7 heteroatoms. The molecule has 0 aliphatic carbocycles. The number of ether oxygens (including phenoxy) is 2. The van der Waals surface area contributed by atoms with Crippen LogP contribution in [0.15, 0.2) is 47.4 Å². The lowest BCUT2D eigenvalue weighted by Crippen LogP contribution is -2.22. The molecule has 0 aromatic heterocycles. The summed E-state index contributed by atoms with van der Waals surface area (Å²) in [6.45, 7) is 2.80. The molecule has 2 aromatic rings. The molecule has 0 bridgehead atoms. The van der Waals surface area contributed by atoms with Gasteiger partial charge in [-0.15, -0.1) is 0 Å². The number of carbonyl (C=O) groups excluding carboxylic acids is 1. The fourth-order valence-corrected chi connectivity index (χ4v) is 3.75. The number of benzene rings is 2. The van der Waals surface area contributed by atoms with Gasteiger partial charge in [-0.05, 0) is 43.3 Å². The van der Waals surface area contributed by atoms with Gasteiger partial charge in [0.1, 0.15) is 29.0 Å². The maximum absolute atomic E-state index is 12.2. The average molecular weight is 420 g/mol. The second kappa shape index (κ2) is 8.78. The Balaban J connectivity index is 1.66. The van der Waals surface area contributed by atoms with Gasteiger partial charge in [0, 0.05) is 17.6 Å². The number of rotatable bonds is 6. The van der Waals surface area contributed by atoms with E-state index in [1.54, 1.807) is 31.3 Å². The van der Waals surface area contributed by atoms with E-state index in [0.29, 0.717) is 33.2 Å². The van der Waals surface area contributed by atoms with Crippen LogP contribution in [0.4, 0.5) is 0 Å². The van der Waals surface area contributed by atoms with Crippen molar-refractivity contribution in [1.82, 2.24) is 4.90 Å². The van der Waals surface area contributed by atoms with Gasteiger partial charge in [0.25, 0.3) is 5.91 Å². The van der Waals surface area contributed by atoms with Crippen LogP contribution in [0.1, 0.15) is 11.1 Å². The Morgan fingerprint density at radius 2 is 1.85 bits per heavy atom. The number of halogens is 1. The third-order valence-electron chi connectivity index (χ3n) is 3.88. The van der Waals surface area contributed by atoms with Crippen LogP contribution in [-0.4, -0.2) is 35.4 Å². The van der Waals surface area contributed by atoms with Crippen LogP contribution in [0.25, 0.3) is 6.08 Å². The fraction of sp³-hybridized carbons (Fsp3) is 0.200. The number of hydrogen-bond acceptors (Lipinski definition) is 5. The molecule has 0 spiro atoms. The van der Waals surface area contributed by atoms with Crippen molar-refractivity contribution in [2.45, 2.75) is 6.92 Å². The summed E-state index contributed by atoms with van der Waals surface area (Å²) in [7, 11) is 1.66. The predicted octanol–water partition coefficient (Wildman–Crippen LogP) is 4.94. The first-order valence-corrected chi connectivity index (χ1v) is 9.87. The normalized spacial score (nSPS) is 15.5. The third kappa shape index (κ3) is 5.03. The van der Waals surface area contributed by atoms with Crippen LogP contribution in [-0.2, 0) is 4.79 Å². The topological polar surface area (TPSA) is 38.8 Å². The Bertz CT molecular complexity index is 897. The molecular weight excluding hydrogens is 402 g/mol. The number of thiocarbonyl (C=S) groups is 1. The summed E-state index contributed by atoms with van der Waals surface area (Å²) in [5.74, 6) is 1.30. The average Bonchev–Trinajstić information content (AvgIpc) is 2.88. The summed E-state index contributed by atoms with van der Waals surface area (Å²) >= 11 is 12.5. The molecule has 1 fully saturated rings. The van der Waals surface area contributed by atoms with Gasteiger partial charge in [-0.25, -0.2) is 0 Å². The predicted molar refractivity (Wildman–Crippen MR) is 115 cm³/mol. The van der Waals surface area contributed by atoms with E-state index < -0.39 is 0 Å². The minimum absolute atomic E-state index is 0.126. The molecule has 0 saturated carbocycles. The van der Waals surface area contributed by atoms with Crippen molar-refractivity contribution in [3.8, 4) is 11.5 Å². The van der Waals surface area contributed by atoms with E-state index in [1.165, 1.54) is 22.2 Å². The fourth-order valence-electron chi connectivity index (χ4n) is 2.40. The lowest BCUT2D eigenvalue weighted by atomic mass is 10.2. The number of carbonyl (C=O) groups is 1. The SMILES string of the molecule is Cc1ccc(OCCOc2ccc(Cl)cc2C=C2SC(=S)N(C)C2=O)cc1. The molecule has 1 aliphatic heterocycles. The Kier molecular flexibility index (Phi) is 6.42. The summed E-state index contributed by atoms with van der Waals surface area (Å²) in [6.07, 6.45) is 1.75. The lowest BCUT2D eigenvalue weighted by Gasteiger charge is -2.11. The zero-order valence-corrected chi connectivity index (χ0v) is 17.3. The van der Waals surface area contributed by atoms with Crippen LogP contribution in [0.3, 0.4) is 0 Å². The number of hydrogen-bond donors (Lipinski definition) is 0. The molecule has 0 atom stereocenters. The van der Waals surface area contributed by atoms with E-state index in [1.807, 2.05) is 31.2 Å². The lowest BCUT2D eigenvalue weighted by molar-refractivity contribution is -0.121. The van der Waals surface area contributed by atoms with Gasteiger partial charge in [0.05, 0.1) is 4.91 Å². The van der Waals surface area contributed by atoms with Crippen molar-refractivity contribution in [3.63, 3.8) is 0 Å². The quantitative estimate of drug-likeness (QED) is 0.377. The van der Waals surface area contributed by atoms with E-state index in [0.717, 1.165) is 11.3 Å². The van der Waals surface area contributed by atoms with Crippen molar-refractivity contribution in [3.05, 3.63) is 63.5 Å². The molecule has 1 aliphatic rings. The summed E-state index contributed by atoms with van der Waals surface area (Å²) in [5, 5.41) is 0.566. The van der Waals surface area contributed by atoms with Crippen LogP contribution >= 0.6 is 35.6 Å². The highest BCUT2D eigenvalue weighted by molar-refractivity contribution is 8.26. The standard InChI is InChI=1S/C20H18ClNO3S2/c1-13-3-6-16(7-4-13)24-9-10-25-17-8-5-15(21)11-14(17)12-18-19(23)22(2)20(26)27-18/h3-8,11-12H,9-10H2,1-2H3. The Labute approximate surface area is 173 Å². The Hall–Kier alpha value is -2.02. The zero-order valence-electron chi connectivity index (χ0n) is 14.9. The minimum atomic E-state index is -0.126. The molecular formula is C20H18ClNO3S2. The highest BCUT2D eigenvalue weighted by Crippen LogP contribution is 2.34. The first-order chi connectivity index (χ1) is 12.9. The molecule has 0 N–H and O–H groups in total. The summed E-state index contributed by atoms with van der Waals surface area (Å²) in [5.41, 5.74) is 1.91. The van der Waals surface area contributed by atoms with Gasteiger partial charge in [0.2, 0.25) is 0 Å². The van der Waals surface area contributed by atoms with Crippen LogP contribution in [0.2, 0.25) is 5.02 Å². The van der Waals surface area contributed by atoms with Gasteiger partial charge < -0.3 is 9.47 Å². The van der Waals surface area contributed by atoms with Gasteiger partial charge in [0.15, 0.2) is 0 Å². The monoisotopic (exact) mass is 419 g/mol. The third-order valence-corrected chi connectivity index (χ3v) is 5.60. The van der Waals surface area contributed by atoms with E-state index in [9.17, 15) is 4.79 Å². The van der Waals surface area contributed by atoms with Crippen molar-refractivity contribution in [1.29, 1.82) is 0 Å². The highest BCUT2D eigenvalue weighted by Gasteiger charge is 2.28. The minimum Gasteiger partial charge on any atom is -0.490 e. The molecule has 2 aromatic carbocycles. The van der Waals surface area contributed by atoms with Gasteiger partial charge in [-0.1, -0.05) is 53.3 Å². The first kappa shape index (κ1) is 19.7. The molecule has 4 nitrogen and oxygen atoms in total. The highest BCUT2D eigenvalue weighted by atomic mass is 35.5. The van der Waals surface area contributed by atoms with Crippen molar-refractivity contribution in [2.24, 2.45) is 0 Å². The smallest absolute Gasteiger partial charge is 0.265 e. The van der Waals surface area contributed by atoms with Crippen LogP contribution in [0.5, 0.6) is 11.5 Å². The molecule has 140 valence electrons. The molecule has 0 unspecified atom stereocenters. The van der Waals surface area contributed by atoms with E-state index in [2.05, 4.69) is 0 Å². The Morgan fingerprint density at radius 1 is 1.15 bits per heavy atom. The van der Waals surface area contributed by atoms with Crippen molar-refractivity contribution in [2.75, 3.05) is 20.3 Å². The van der Waals surface area contributed by atoms with Gasteiger partial charge in [-0.2, -0.15) is 0 Å². The van der Waals surface area contributed by atoms with Gasteiger partial charge in [-0.3, -0.25) is 9.69 Å². The molecule has 27 heavy (non-hydrogen) atoms. The van der Waals surface area contributed by atoms with E-state index >= 15 is 0 Å². The molecule has 1 heterocycles. The summed E-state index contributed by atoms with van der Waals surface area (Å²) < 4.78 is 12.0.